The third kappa shape index (κ3) is 5.25. The molecule has 6 nitrogen and oxygen atoms in total. The summed E-state index contributed by atoms with van der Waals surface area (Å²) in [6.07, 6.45) is 0.340. The third-order valence-corrected chi connectivity index (χ3v) is 5.09. The van der Waals surface area contributed by atoms with E-state index >= 15 is 0 Å². The van der Waals surface area contributed by atoms with Gasteiger partial charge in [0.25, 0.3) is 0 Å². The number of benzene rings is 3. The summed E-state index contributed by atoms with van der Waals surface area (Å²) in [4.78, 5) is 12.4. The largest absolute Gasteiger partial charge is 0.491 e. The molecule has 164 valence electrons. The van der Waals surface area contributed by atoms with E-state index in [-0.39, 0.29) is 18.0 Å². The number of rotatable bonds is 9. The van der Waals surface area contributed by atoms with Crippen molar-refractivity contribution in [3.05, 3.63) is 78.1 Å². The Morgan fingerprint density at radius 3 is 1.88 bits per heavy atom. The maximum Gasteiger partial charge on any atom is 0.343 e. The molecule has 2 unspecified atom stereocenters. The number of epoxide rings is 2. The average Bonchev–Trinajstić information content (AvgIpc) is 3.74. The zero-order chi connectivity index (χ0) is 21.9. The molecule has 0 aliphatic carbocycles. The van der Waals surface area contributed by atoms with Crippen LogP contribution in [0.2, 0.25) is 0 Å². The van der Waals surface area contributed by atoms with Crippen LogP contribution in [0.15, 0.2) is 66.7 Å². The van der Waals surface area contributed by atoms with Crippen molar-refractivity contribution < 1.29 is 32.9 Å². The molecule has 3 aromatic carbocycles. The lowest BCUT2D eigenvalue weighted by molar-refractivity contribution is 0.0728. The van der Waals surface area contributed by atoms with Crippen molar-refractivity contribution in [1.82, 2.24) is 0 Å². The smallest absolute Gasteiger partial charge is 0.343 e. The van der Waals surface area contributed by atoms with Crippen LogP contribution in [0, 0.1) is 5.82 Å². The fraction of sp³-hybridized carbons (Fsp3) is 0.240. The minimum Gasteiger partial charge on any atom is -0.491 e. The van der Waals surface area contributed by atoms with E-state index in [1.165, 1.54) is 12.1 Å². The van der Waals surface area contributed by atoms with Crippen LogP contribution in [-0.4, -0.2) is 44.6 Å². The zero-order valence-corrected chi connectivity index (χ0v) is 17.2. The molecular formula is C25H21FO6. The van der Waals surface area contributed by atoms with Crippen LogP contribution in [0.3, 0.4) is 0 Å². The highest BCUT2D eigenvalue weighted by Crippen LogP contribution is 2.28. The number of ether oxygens (including phenoxy) is 5. The Morgan fingerprint density at radius 2 is 1.34 bits per heavy atom. The van der Waals surface area contributed by atoms with Crippen molar-refractivity contribution in [3.63, 3.8) is 0 Å². The molecule has 2 aliphatic heterocycles. The van der Waals surface area contributed by atoms with E-state index < -0.39 is 11.8 Å². The summed E-state index contributed by atoms with van der Waals surface area (Å²) in [7, 11) is 0. The van der Waals surface area contributed by atoms with E-state index in [2.05, 4.69) is 0 Å². The summed E-state index contributed by atoms with van der Waals surface area (Å²) < 4.78 is 41.2. The molecule has 0 saturated carbocycles. The molecule has 0 radical (unpaired) electrons. The van der Waals surface area contributed by atoms with Gasteiger partial charge in [-0.1, -0.05) is 18.2 Å². The van der Waals surface area contributed by atoms with E-state index in [0.717, 1.165) is 17.9 Å². The van der Waals surface area contributed by atoms with Gasteiger partial charge >= 0.3 is 5.97 Å². The fourth-order valence-corrected chi connectivity index (χ4v) is 3.06. The topological polar surface area (TPSA) is 69.8 Å². The van der Waals surface area contributed by atoms with Crippen LogP contribution in [0.5, 0.6) is 17.2 Å². The van der Waals surface area contributed by atoms with Crippen molar-refractivity contribution in [3.8, 4) is 28.4 Å². The molecule has 2 atom stereocenters. The van der Waals surface area contributed by atoms with Crippen molar-refractivity contribution >= 4 is 5.97 Å². The molecule has 5 rings (SSSR count). The van der Waals surface area contributed by atoms with Crippen molar-refractivity contribution in [2.75, 3.05) is 26.4 Å². The van der Waals surface area contributed by atoms with Gasteiger partial charge in [-0.25, -0.2) is 9.18 Å². The lowest BCUT2D eigenvalue weighted by Gasteiger charge is -2.09. The van der Waals surface area contributed by atoms with E-state index in [9.17, 15) is 9.18 Å². The first-order chi connectivity index (χ1) is 15.6. The lowest BCUT2D eigenvalue weighted by Crippen LogP contribution is -2.10. The minimum absolute atomic E-state index is 0.130. The first-order valence-corrected chi connectivity index (χ1v) is 10.3. The van der Waals surface area contributed by atoms with Gasteiger partial charge in [-0.3, -0.25) is 0 Å². The van der Waals surface area contributed by atoms with Crippen LogP contribution >= 0.6 is 0 Å². The zero-order valence-electron chi connectivity index (χ0n) is 17.2. The number of carbonyl (C=O) groups is 1. The van der Waals surface area contributed by atoms with Gasteiger partial charge in [0.15, 0.2) is 11.6 Å². The highest BCUT2D eigenvalue weighted by atomic mass is 19.1. The second-order valence-corrected chi connectivity index (χ2v) is 7.62. The van der Waals surface area contributed by atoms with Crippen LogP contribution < -0.4 is 14.2 Å². The standard InChI is InChI=1S/C25H21FO6/c26-23-11-18(16-1-6-19(7-2-16)28-12-21-14-30-21)5-10-24(23)32-25(27)17-3-8-20(9-4-17)29-13-22-15-31-22/h1-11,21-22H,12-15H2. The Kier molecular flexibility index (Phi) is 5.75. The summed E-state index contributed by atoms with van der Waals surface area (Å²) >= 11 is 0. The number of esters is 1. The Bertz CT molecular complexity index is 1090. The molecular weight excluding hydrogens is 415 g/mol. The molecule has 3 aromatic rings. The Morgan fingerprint density at radius 1 is 0.812 bits per heavy atom. The van der Waals surface area contributed by atoms with Crippen LogP contribution in [0.4, 0.5) is 4.39 Å². The maximum absolute atomic E-state index is 14.6. The summed E-state index contributed by atoms with van der Waals surface area (Å²) in [6.45, 7) is 2.46. The molecule has 2 aliphatic rings. The Hall–Kier alpha value is -3.42. The second kappa shape index (κ2) is 8.98. The van der Waals surface area contributed by atoms with Crippen LogP contribution in [-0.2, 0) is 9.47 Å². The molecule has 32 heavy (non-hydrogen) atoms. The Balaban J connectivity index is 1.20. The van der Waals surface area contributed by atoms with Gasteiger partial charge in [0, 0.05) is 0 Å². The summed E-state index contributed by atoms with van der Waals surface area (Å²) in [5.41, 5.74) is 1.79. The molecule has 2 saturated heterocycles. The van der Waals surface area contributed by atoms with Crippen molar-refractivity contribution in [2.24, 2.45) is 0 Å². The Labute approximate surface area is 184 Å². The third-order valence-electron chi connectivity index (χ3n) is 5.09. The predicted octanol–water partition coefficient (Wildman–Crippen LogP) is 4.27. The van der Waals surface area contributed by atoms with Gasteiger partial charge in [-0.05, 0) is 59.7 Å². The van der Waals surface area contributed by atoms with E-state index in [4.69, 9.17) is 23.7 Å². The number of hydrogen-bond acceptors (Lipinski definition) is 6. The van der Waals surface area contributed by atoms with Gasteiger partial charge < -0.3 is 23.7 Å². The summed E-state index contributed by atoms with van der Waals surface area (Å²) in [5, 5.41) is 0. The molecule has 7 heteroatoms. The predicted molar refractivity (Wildman–Crippen MR) is 114 cm³/mol. The van der Waals surface area contributed by atoms with Gasteiger partial charge in [0.05, 0.1) is 18.8 Å². The SMILES string of the molecule is O=C(Oc1ccc(-c2ccc(OCC3CO3)cc2)cc1F)c1ccc(OCC2CO2)cc1. The number of halogens is 1. The van der Waals surface area contributed by atoms with E-state index in [1.54, 1.807) is 30.3 Å². The normalized spacial score (nSPS) is 18.7. The molecule has 2 heterocycles. The molecule has 0 N–H and O–H groups in total. The minimum atomic E-state index is -0.644. The van der Waals surface area contributed by atoms with Gasteiger partial charge in [-0.15, -0.1) is 0 Å². The van der Waals surface area contributed by atoms with Crippen molar-refractivity contribution in [1.29, 1.82) is 0 Å². The van der Waals surface area contributed by atoms with E-state index in [1.807, 2.05) is 24.3 Å². The first kappa shape index (κ1) is 20.5. The highest BCUT2D eigenvalue weighted by Gasteiger charge is 2.23. The van der Waals surface area contributed by atoms with Crippen LogP contribution in [0.1, 0.15) is 10.4 Å². The number of hydrogen-bond donors (Lipinski definition) is 0. The molecule has 0 amide bonds. The molecule has 0 spiro atoms. The summed E-state index contributed by atoms with van der Waals surface area (Å²) in [6, 6.07) is 18.4. The summed E-state index contributed by atoms with van der Waals surface area (Å²) in [5.74, 6) is -0.0342. The average molecular weight is 436 g/mol. The van der Waals surface area contributed by atoms with Gasteiger partial charge in [-0.2, -0.15) is 0 Å². The molecule has 0 bridgehead atoms. The monoisotopic (exact) mass is 436 g/mol. The lowest BCUT2D eigenvalue weighted by atomic mass is 10.1. The molecule has 2 fully saturated rings. The molecule has 0 aromatic heterocycles. The highest BCUT2D eigenvalue weighted by molar-refractivity contribution is 5.91. The first-order valence-electron chi connectivity index (χ1n) is 10.3. The van der Waals surface area contributed by atoms with Crippen LogP contribution in [0.25, 0.3) is 11.1 Å². The number of carbonyl (C=O) groups excluding carboxylic acids is 1. The second-order valence-electron chi connectivity index (χ2n) is 7.62. The van der Waals surface area contributed by atoms with E-state index in [0.29, 0.717) is 36.7 Å². The van der Waals surface area contributed by atoms with Gasteiger partial charge in [0.1, 0.15) is 36.9 Å². The fourth-order valence-electron chi connectivity index (χ4n) is 3.06. The quantitative estimate of drug-likeness (QED) is 0.284. The van der Waals surface area contributed by atoms with Gasteiger partial charge in [0.2, 0.25) is 0 Å². The van der Waals surface area contributed by atoms with Crippen molar-refractivity contribution in [2.45, 2.75) is 12.2 Å². The maximum atomic E-state index is 14.6.